The molecule has 0 aliphatic rings. The van der Waals surface area contributed by atoms with Crippen LogP contribution < -0.4 is 9.47 Å². The molecule has 0 heterocycles. The lowest BCUT2D eigenvalue weighted by molar-refractivity contribution is 0.0696. The molecule has 0 spiro atoms. The zero-order valence-electron chi connectivity index (χ0n) is 13.7. The Bertz CT molecular complexity index is 373. The molecule has 1 rings (SSSR count). The van der Waals surface area contributed by atoms with Crippen LogP contribution in [0.4, 0.5) is 0 Å². The van der Waals surface area contributed by atoms with Gasteiger partial charge in [-0.2, -0.15) is 0 Å². The summed E-state index contributed by atoms with van der Waals surface area (Å²) in [5.74, 6) is 0.0648. The van der Waals surface area contributed by atoms with Gasteiger partial charge in [0.05, 0.1) is 18.3 Å². The third-order valence-electron chi connectivity index (χ3n) is 1.85. The van der Waals surface area contributed by atoms with Gasteiger partial charge in [0, 0.05) is 0 Å². The lowest BCUT2D eigenvalue weighted by Gasteiger charge is -2.14. The Balaban J connectivity index is 0. The van der Waals surface area contributed by atoms with Gasteiger partial charge in [-0.25, -0.2) is 4.79 Å². The first-order chi connectivity index (χ1) is 9.54. The first-order valence-electron chi connectivity index (χ1n) is 7.21. The Hall–Kier alpha value is -1.71. The highest BCUT2D eigenvalue weighted by Gasteiger charge is 2.11. The van der Waals surface area contributed by atoms with E-state index in [0.717, 1.165) is 0 Å². The van der Waals surface area contributed by atoms with Crippen LogP contribution in [0.15, 0.2) is 18.2 Å². The molecule has 4 nitrogen and oxygen atoms in total. The number of hydrogen-bond acceptors (Lipinski definition) is 3. The molecule has 0 amide bonds. The van der Waals surface area contributed by atoms with Crippen LogP contribution >= 0.6 is 0 Å². The molecule has 0 aromatic heterocycles. The maximum Gasteiger partial charge on any atom is 0.335 e. The summed E-state index contributed by atoms with van der Waals surface area (Å²) in [6, 6.07) is 4.60. The largest absolute Gasteiger partial charge is 0.490 e. The van der Waals surface area contributed by atoms with Crippen LogP contribution in [0.3, 0.4) is 0 Å². The summed E-state index contributed by atoms with van der Waals surface area (Å²) in [7, 11) is 0. The maximum atomic E-state index is 10.8. The van der Waals surface area contributed by atoms with E-state index in [2.05, 4.69) is 0 Å². The molecule has 20 heavy (non-hydrogen) atoms. The second kappa shape index (κ2) is 12.3. The normalized spacial score (nSPS) is 8.80. The molecule has 1 aromatic rings. The van der Waals surface area contributed by atoms with Crippen molar-refractivity contribution in [2.75, 3.05) is 6.61 Å². The fourth-order valence-electron chi connectivity index (χ4n) is 1.26. The third-order valence-corrected chi connectivity index (χ3v) is 1.85. The van der Waals surface area contributed by atoms with Crippen LogP contribution in [0.1, 0.15) is 58.8 Å². The average molecular weight is 284 g/mol. The van der Waals surface area contributed by atoms with Gasteiger partial charge >= 0.3 is 5.97 Å². The Morgan fingerprint density at radius 2 is 1.70 bits per heavy atom. The fraction of sp³-hybridized carbons (Fsp3) is 0.562. The van der Waals surface area contributed by atoms with E-state index in [1.807, 2.05) is 48.5 Å². The Morgan fingerprint density at radius 3 is 2.10 bits per heavy atom. The number of rotatable bonds is 5. The van der Waals surface area contributed by atoms with Crippen molar-refractivity contribution in [3.63, 3.8) is 0 Å². The molecule has 4 heteroatoms. The van der Waals surface area contributed by atoms with Crippen molar-refractivity contribution in [3.8, 4) is 11.5 Å². The van der Waals surface area contributed by atoms with E-state index in [0.29, 0.717) is 18.1 Å². The molecule has 0 unspecified atom stereocenters. The summed E-state index contributed by atoms with van der Waals surface area (Å²) in [5.41, 5.74) is 0.194. The van der Waals surface area contributed by atoms with Crippen molar-refractivity contribution in [1.82, 2.24) is 0 Å². The molecule has 0 atom stereocenters. The highest BCUT2D eigenvalue weighted by molar-refractivity contribution is 5.88. The highest BCUT2D eigenvalue weighted by Crippen LogP contribution is 2.29. The second-order valence-corrected chi connectivity index (χ2v) is 3.57. The average Bonchev–Trinajstić information content (AvgIpc) is 2.44. The first kappa shape index (κ1) is 20.6. The van der Waals surface area contributed by atoms with E-state index < -0.39 is 5.97 Å². The molecule has 0 saturated carbocycles. The number of hydrogen-bond donors (Lipinski definition) is 1. The summed E-state index contributed by atoms with van der Waals surface area (Å²) in [6.45, 7) is 14.1. The molecular weight excluding hydrogens is 256 g/mol. The minimum Gasteiger partial charge on any atom is -0.490 e. The number of carbonyl (C=O) groups is 1. The SMILES string of the molecule is CC.CC.CCOc1cc(C(=O)O)ccc1OC(C)C. The van der Waals surface area contributed by atoms with Crippen molar-refractivity contribution in [2.45, 2.75) is 54.6 Å². The van der Waals surface area contributed by atoms with Crippen LogP contribution in [0.2, 0.25) is 0 Å². The van der Waals surface area contributed by atoms with Gasteiger partial charge in [0.15, 0.2) is 11.5 Å². The minimum absolute atomic E-state index is 0.0230. The molecule has 116 valence electrons. The summed E-state index contributed by atoms with van der Waals surface area (Å²) < 4.78 is 10.9. The predicted molar refractivity (Wildman–Crippen MR) is 83.0 cm³/mol. The zero-order chi connectivity index (χ0) is 16.1. The van der Waals surface area contributed by atoms with E-state index in [1.54, 1.807) is 6.07 Å². The van der Waals surface area contributed by atoms with Crippen LogP contribution in [0, 0.1) is 0 Å². The van der Waals surface area contributed by atoms with Crippen LogP contribution in [0.5, 0.6) is 11.5 Å². The van der Waals surface area contributed by atoms with Gasteiger partial charge in [-0.3, -0.25) is 0 Å². The lowest BCUT2D eigenvalue weighted by Crippen LogP contribution is -2.08. The Labute approximate surface area is 122 Å². The molecule has 0 radical (unpaired) electrons. The van der Waals surface area contributed by atoms with Crippen LogP contribution in [-0.4, -0.2) is 23.8 Å². The predicted octanol–water partition coefficient (Wildman–Crippen LogP) is 4.62. The van der Waals surface area contributed by atoms with Crippen LogP contribution in [-0.2, 0) is 0 Å². The minimum atomic E-state index is -0.975. The first-order valence-corrected chi connectivity index (χ1v) is 7.21. The van der Waals surface area contributed by atoms with Crippen molar-refractivity contribution < 1.29 is 19.4 Å². The quantitative estimate of drug-likeness (QED) is 0.857. The second-order valence-electron chi connectivity index (χ2n) is 3.57. The molecular formula is C16H28O4. The van der Waals surface area contributed by atoms with E-state index >= 15 is 0 Å². The topological polar surface area (TPSA) is 55.8 Å². The van der Waals surface area contributed by atoms with Crippen molar-refractivity contribution in [2.24, 2.45) is 0 Å². The van der Waals surface area contributed by atoms with E-state index in [-0.39, 0.29) is 11.7 Å². The van der Waals surface area contributed by atoms with Gasteiger partial charge in [-0.05, 0) is 39.0 Å². The number of carboxylic acids is 1. The Kier molecular flexibility index (Phi) is 12.7. The number of ether oxygens (including phenoxy) is 2. The van der Waals surface area contributed by atoms with E-state index in [1.165, 1.54) is 12.1 Å². The molecule has 1 aromatic carbocycles. The summed E-state index contributed by atoms with van der Waals surface area (Å²) in [6.07, 6.45) is 0.0230. The number of aromatic carboxylic acids is 1. The molecule has 0 aliphatic heterocycles. The molecule has 0 saturated heterocycles. The van der Waals surface area contributed by atoms with Gasteiger partial charge in [-0.15, -0.1) is 0 Å². The third kappa shape index (κ3) is 7.67. The summed E-state index contributed by atoms with van der Waals surface area (Å²) in [5, 5.41) is 8.85. The van der Waals surface area contributed by atoms with E-state index in [4.69, 9.17) is 14.6 Å². The van der Waals surface area contributed by atoms with Crippen molar-refractivity contribution in [1.29, 1.82) is 0 Å². The smallest absolute Gasteiger partial charge is 0.335 e. The van der Waals surface area contributed by atoms with Gasteiger partial charge in [0.2, 0.25) is 0 Å². The number of carboxylic acid groups (broad SMARTS) is 1. The standard InChI is InChI=1S/C12H16O4.2C2H6/c1-4-15-11-7-9(12(13)14)5-6-10(11)16-8(2)3;2*1-2/h5-8H,4H2,1-3H3,(H,13,14);2*1-2H3. The monoisotopic (exact) mass is 284 g/mol. The van der Waals surface area contributed by atoms with Crippen molar-refractivity contribution >= 4 is 5.97 Å². The lowest BCUT2D eigenvalue weighted by atomic mass is 10.2. The van der Waals surface area contributed by atoms with E-state index in [9.17, 15) is 4.79 Å². The summed E-state index contributed by atoms with van der Waals surface area (Å²) >= 11 is 0. The molecule has 0 fully saturated rings. The van der Waals surface area contributed by atoms with Crippen LogP contribution in [0.25, 0.3) is 0 Å². The highest BCUT2D eigenvalue weighted by atomic mass is 16.5. The van der Waals surface area contributed by atoms with Gasteiger partial charge in [-0.1, -0.05) is 27.7 Å². The van der Waals surface area contributed by atoms with Crippen molar-refractivity contribution in [3.05, 3.63) is 23.8 Å². The molecule has 0 bridgehead atoms. The fourth-order valence-corrected chi connectivity index (χ4v) is 1.26. The zero-order valence-corrected chi connectivity index (χ0v) is 13.7. The van der Waals surface area contributed by atoms with Gasteiger partial charge < -0.3 is 14.6 Å². The Morgan fingerprint density at radius 1 is 1.15 bits per heavy atom. The van der Waals surface area contributed by atoms with Gasteiger partial charge in [0.25, 0.3) is 0 Å². The maximum absolute atomic E-state index is 10.8. The summed E-state index contributed by atoms with van der Waals surface area (Å²) in [4.78, 5) is 10.8. The number of benzene rings is 1. The molecule has 0 aliphatic carbocycles. The van der Waals surface area contributed by atoms with Gasteiger partial charge in [0.1, 0.15) is 0 Å². The molecule has 1 N–H and O–H groups in total.